The molecule has 1 atom stereocenters. The number of carbonyl (C=O) groups is 2. The smallest absolute Gasteiger partial charge is 0.346 e. The second-order valence-electron chi connectivity index (χ2n) is 6.61. The number of carbonyl (C=O) groups excluding carboxylic acids is 2. The molecule has 1 unspecified atom stereocenters. The fraction of sp³-hybridized carbons (Fsp3) is 0.227. The Hall–Kier alpha value is -3.17. The van der Waals surface area contributed by atoms with Gasteiger partial charge in [0.15, 0.2) is 6.61 Å². The molecule has 4 rings (SSSR count). The zero-order valence-electron chi connectivity index (χ0n) is 16.9. The summed E-state index contributed by atoms with van der Waals surface area (Å²) in [6.07, 6.45) is 0.612. The number of hydrogen-bond donors (Lipinski definition) is 0. The zero-order valence-corrected chi connectivity index (χ0v) is 18.6. The van der Waals surface area contributed by atoms with E-state index in [0.29, 0.717) is 17.9 Å². The van der Waals surface area contributed by atoms with Crippen molar-refractivity contribution in [3.63, 3.8) is 0 Å². The van der Waals surface area contributed by atoms with E-state index in [1.54, 1.807) is 40.9 Å². The molecule has 3 heterocycles. The van der Waals surface area contributed by atoms with Crippen LogP contribution in [0.25, 0.3) is 0 Å². The standard InChI is InChI=1S/C22H20N2O5S2/c1-27-16-6-3-7-17(28-2)21(16)22(26)29-13-20(25)24-15(19-9-5-11-31-19)12-14(23-24)18-8-4-10-30-18/h3-11,15H,12-13H2,1-2H3. The number of amides is 1. The minimum Gasteiger partial charge on any atom is -0.496 e. The molecule has 1 aliphatic rings. The summed E-state index contributed by atoms with van der Waals surface area (Å²) < 4.78 is 15.8. The molecule has 0 spiro atoms. The molecule has 0 fully saturated rings. The van der Waals surface area contributed by atoms with E-state index in [0.717, 1.165) is 15.5 Å². The third-order valence-corrected chi connectivity index (χ3v) is 6.69. The van der Waals surface area contributed by atoms with Gasteiger partial charge in [-0.3, -0.25) is 4.79 Å². The van der Waals surface area contributed by atoms with Gasteiger partial charge in [0.2, 0.25) is 0 Å². The summed E-state index contributed by atoms with van der Waals surface area (Å²) in [5.41, 5.74) is 0.985. The third-order valence-electron chi connectivity index (χ3n) is 4.80. The Labute approximate surface area is 187 Å². The van der Waals surface area contributed by atoms with Crippen molar-refractivity contribution < 1.29 is 23.8 Å². The largest absolute Gasteiger partial charge is 0.496 e. The molecule has 0 saturated heterocycles. The lowest BCUT2D eigenvalue weighted by Crippen LogP contribution is -2.31. The zero-order chi connectivity index (χ0) is 21.8. The number of nitrogens with zero attached hydrogens (tertiary/aromatic N) is 2. The molecule has 0 aliphatic carbocycles. The van der Waals surface area contributed by atoms with Crippen molar-refractivity contribution in [3.05, 3.63) is 68.5 Å². The molecule has 1 aliphatic heterocycles. The molecule has 1 aromatic carbocycles. The molecule has 0 saturated carbocycles. The predicted octanol–water partition coefficient (Wildman–Crippen LogP) is 4.36. The molecule has 7 nitrogen and oxygen atoms in total. The van der Waals surface area contributed by atoms with Crippen molar-refractivity contribution >= 4 is 40.3 Å². The van der Waals surface area contributed by atoms with E-state index in [9.17, 15) is 9.59 Å². The monoisotopic (exact) mass is 456 g/mol. The van der Waals surface area contributed by atoms with Crippen LogP contribution in [0.3, 0.4) is 0 Å². The van der Waals surface area contributed by atoms with Gasteiger partial charge in [0.25, 0.3) is 5.91 Å². The Morgan fingerprint density at radius 2 is 1.74 bits per heavy atom. The fourth-order valence-electron chi connectivity index (χ4n) is 3.35. The minimum absolute atomic E-state index is 0.138. The maximum atomic E-state index is 13.0. The van der Waals surface area contributed by atoms with Crippen LogP contribution in [0, 0.1) is 0 Å². The van der Waals surface area contributed by atoms with Crippen LogP contribution in [-0.4, -0.2) is 43.4 Å². The maximum Gasteiger partial charge on any atom is 0.346 e. The highest BCUT2D eigenvalue weighted by atomic mass is 32.1. The predicted molar refractivity (Wildman–Crippen MR) is 119 cm³/mol. The summed E-state index contributed by atoms with van der Waals surface area (Å²) in [5, 5.41) is 9.93. The molecule has 31 heavy (non-hydrogen) atoms. The highest BCUT2D eigenvalue weighted by Gasteiger charge is 2.34. The Morgan fingerprint density at radius 1 is 1.03 bits per heavy atom. The number of methoxy groups -OCH3 is 2. The molecule has 9 heteroatoms. The number of hydrogen-bond acceptors (Lipinski definition) is 8. The molecular weight excluding hydrogens is 436 g/mol. The average molecular weight is 457 g/mol. The molecular formula is C22H20N2O5S2. The molecule has 0 bridgehead atoms. The highest BCUT2D eigenvalue weighted by Crippen LogP contribution is 2.36. The van der Waals surface area contributed by atoms with Gasteiger partial charge in [-0.25, -0.2) is 9.80 Å². The average Bonchev–Trinajstić information content (AvgIpc) is 3.56. The van der Waals surface area contributed by atoms with Crippen LogP contribution in [0.2, 0.25) is 0 Å². The molecule has 160 valence electrons. The first-order chi connectivity index (χ1) is 15.1. The van der Waals surface area contributed by atoms with E-state index in [1.165, 1.54) is 19.2 Å². The van der Waals surface area contributed by atoms with Gasteiger partial charge in [-0.05, 0) is 35.0 Å². The van der Waals surface area contributed by atoms with Crippen LogP contribution < -0.4 is 9.47 Å². The van der Waals surface area contributed by atoms with Crippen molar-refractivity contribution in [1.82, 2.24) is 5.01 Å². The number of benzene rings is 1. The second-order valence-corrected chi connectivity index (χ2v) is 8.54. The first kappa shape index (κ1) is 21.1. The molecule has 0 radical (unpaired) electrons. The van der Waals surface area contributed by atoms with Crippen molar-refractivity contribution in [3.8, 4) is 11.5 Å². The summed E-state index contributed by atoms with van der Waals surface area (Å²) in [4.78, 5) is 27.7. The van der Waals surface area contributed by atoms with Gasteiger partial charge >= 0.3 is 5.97 Å². The van der Waals surface area contributed by atoms with Crippen LogP contribution in [0.4, 0.5) is 0 Å². The van der Waals surface area contributed by atoms with E-state index in [-0.39, 0.29) is 11.6 Å². The fourth-order valence-corrected chi connectivity index (χ4v) is 4.89. The lowest BCUT2D eigenvalue weighted by Gasteiger charge is -2.20. The summed E-state index contributed by atoms with van der Waals surface area (Å²) in [6.45, 7) is -0.441. The van der Waals surface area contributed by atoms with Crippen molar-refractivity contribution in [1.29, 1.82) is 0 Å². The van der Waals surface area contributed by atoms with E-state index in [1.807, 2.05) is 35.0 Å². The molecule has 3 aromatic rings. The lowest BCUT2D eigenvalue weighted by molar-refractivity contribution is -0.136. The third kappa shape index (κ3) is 4.33. The first-order valence-corrected chi connectivity index (χ1v) is 11.2. The summed E-state index contributed by atoms with van der Waals surface area (Å²) in [6, 6.07) is 12.6. The quantitative estimate of drug-likeness (QED) is 0.494. The van der Waals surface area contributed by atoms with Gasteiger partial charge in [0.1, 0.15) is 17.1 Å². The van der Waals surface area contributed by atoms with Gasteiger partial charge in [-0.2, -0.15) is 5.10 Å². The number of hydrazone groups is 1. The molecule has 2 aromatic heterocycles. The lowest BCUT2D eigenvalue weighted by atomic mass is 10.1. The van der Waals surface area contributed by atoms with Crippen molar-refractivity contribution in [2.24, 2.45) is 5.10 Å². The van der Waals surface area contributed by atoms with Crippen LogP contribution in [0.5, 0.6) is 11.5 Å². The second kappa shape index (κ2) is 9.32. The summed E-state index contributed by atoms with van der Waals surface area (Å²) >= 11 is 3.15. The van der Waals surface area contributed by atoms with Gasteiger partial charge in [0.05, 0.1) is 30.9 Å². The number of thiophene rings is 2. The van der Waals surface area contributed by atoms with Crippen LogP contribution in [0.1, 0.15) is 32.6 Å². The summed E-state index contributed by atoms with van der Waals surface area (Å²) in [5.74, 6) is -0.468. The normalized spacial score (nSPS) is 15.5. The van der Waals surface area contributed by atoms with E-state index < -0.39 is 18.5 Å². The van der Waals surface area contributed by atoms with E-state index in [2.05, 4.69) is 5.10 Å². The Balaban J connectivity index is 1.52. The van der Waals surface area contributed by atoms with Crippen molar-refractivity contribution in [2.75, 3.05) is 20.8 Å². The Kier molecular flexibility index (Phi) is 6.34. The number of esters is 1. The topological polar surface area (TPSA) is 77.4 Å². The minimum atomic E-state index is -0.697. The number of ether oxygens (including phenoxy) is 3. The van der Waals surface area contributed by atoms with Crippen molar-refractivity contribution in [2.45, 2.75) is 12.5 Å². The highest BCUT2D eigenvalue weighted by molar-refractivity contribution is 7.12. The molecule has 0 N–H and O–H groups in total. The first-order valence-electron chi connectivity index (χ1n) is 9.47. The van der Waals surface area contributed by atoms with Gasteiger partial charge in [-0.15, -0.1) is 22.7 Å². The van der Waals surface area contributed by atoms with E-state index in [4.69, 9.17) is 14.2 Å². The van der Waals surface area contributed by atoms with Crippen LogP contribution in [0.15, 0.2) is 58.3 Å². The Bertz CT molecular complexity index is 1070. The maximum absolute atomic E-state index is 13.0. The van der Waals surface area contributed by atoms with Gasteiger partial charge in [0, 0.05) is 11.3 Å². The van der Waals surface area contributed by atoms with Crippen LogP contribution in [-0.2, 0) is 9.53 Å². The number of rotatable bonds is 7. The van der Waals surface area contributed by atoms with Crippen LogP contribution >= 0.6 is 22.7 Å². The van der Waals surface area contributed by atoms with E-state index >= 15 is 0 Å². The molecule has 1 amide bonds. The SMILES string of the molecule is COc1cccc(OC)c1C(=O)OCC(=O)N1N=C(c2cccs2)CC1c1cccs1. The Morgan fingerprint density at radius 3 is 2.35 bits per heavy atom. The van der Waals surface area contributed by atoms with Gasteiger partial charge < -0.3 is 14.2 Å². The van der Waals surface area contributed by atoms with Gasteiger partial charge in [-0.1, -0.05) is 18.2 Å². The summed E-state index contributed by atoms with van der Waals surface area (Å²) in [7, 11) is 2.90.